The lowest BCUT2D eigenvalue weighted by Gasteiger charge is -2.17. The van der Waals surface area contributed by atoms with Gasteiger partial charge in [0, 0.05) is 19.0 Å². The van der Waals surface area contributed by atoms with E-state index in [1.54, 1.807) is 7.11 Å². The number of benzene rings is 3. The number of carbonyl (C=O) groups excluding carboxylic acids is 1. The second-order valence-electron chi connectivity index (χ2n) is 7.34. The molecule has 0 spiro atoms. The van der Waals surface area contributed by atoms with Gasteiger partial charge in [-0.25, -0.2) is 0 Å². The van der Waals surface area contributed by atoms with Crippen LogP contribution >= 0.6 is 0 Å². The number of ether oxygens (including phenoxy) is 1. The fraction of sp³-hybridized carbons (Fsp3) is 0.240. The fourth-order valence-electron chi connectivity index (χ4n) is 3.87. The van der Waals surface area contributed by atoms with E-state index in [-0.39, 0.29) is 5.91 Å². The standard InChI is InChI=1S/C25H25NO2/c1-28-24-13-11-22(12-14-24)23-15-16-26(18-23)25(27)17-19-7-9-21(10-8-19)20-5-3-2-4-6-20/h2-14,23H,15-18H2,1H3. The number of likely N-dealkylation sites (tertiary alicyclic amines) is 1. The second kappa shape index (κ2) is 8.30. The molecule has 1 heterocycles. The van der Waals surface area contributed by atoms with E-state index in [4.69, 9.17) is 4.74 Å². The van der Waals surface area contributed by atoms with Gasteiger partial charge >= 0.3 is 0 Å². The maximum Gasteiger partial charge on any atom is 0.227 e. The van der Waals surface area contributed by atoms with Crippen LogP contribution in [0, 0.1) is 0 Å². The van der Waals surface area contributed by atoms with Crippen molar-refractivity contribution in [1.29, 1.82) is 0 Å². The van der Waals surface area contributed by atoms with E-state index in [1.165, 1.54) is 16.7 Å². The van der Waals surface area contributed by atoms with Crippen molar-refractivity contribution in [1.82, 2.24) is 4.90 Å². The monoisotopic (exact) mass is 371 g/mol. The quantitative estimate of drug-likeness (QED) is 0.637. The second-order valence-corrected chi connectivity index (χ2v) is 7.34. The summed E-state index contributed by atoms with van der Waals surface area (Å²) < 4.78 is 5.23. The van der Waals surface area contributed by atoms with Crippen LogP contribution in [0.5, 0.6) is 5.75 Å². The predicted molar refractivity (Wildman–Crippen MR) is 113 cm³/mol. The van der Waals surface area contributed by atoms with Gasteiger partial charge in [-0.3, -0.25) is 4.79 Å². The molecule has 0 bridgehead atoms. The summed E-state index contributed by atoms with van der Waals surface area (Å²) in [4.78, 5) is 14.8. The summed E-state index contributed by atoms with van der Waals surface area (Å²) in [5, 5.41) is 0. The molecule has 4 rings (SSSR count). The van der Waals surface area contributed by atoms with Crippen LogP contribution in [-0.4, -0.2) is 31.0 Å². The maximum atomic E-state index is 12.8. The molecule has 1 aliphatic rings. The van der Waals surface area contributed by atoms with Crippen LogP contribution in [0.1, 0.15) is 23.5 Å². The van der Waals surface area contributed by atoms with Crippen LogP contribution < -0.4 is 4.74 Å². The highest BCUT2D eigenvalue weighted by Crippen LogP contribution is 2.29. The summed E-state index contributed by atoms with van der Waals surface area (Å²) in [6, 6.07) is 26.8. The molecule has 3 aromatic carbocycles. The molecule has 1 unspecified atom stereocenters. The highest BCUT2D eigenvalue weighted by Gasteiger charge is 2.27. The lowest BCUT2D eigenvalue weighted by molar-refractivity contribution is -0.129. The van der Waals surface area contributed by atoms with Gasteiger partial charge in [0.05, 0.1) is 13.5 Å². The zero-order valence-electron chi connectivity index (χ0n) is 16.2. The Morgan fingerprint density at radius 1 is 0.929 bits per heavy atom. The summed E-state index contributed by atoms with van der Waals surface area (Å²) in [7, 11) is 1.68. The molecule has 28 heavy (non-hydrogen) atoms. The zero-order chi connectivity index (χ0) is 19.3. The van der Waals surface area contributed by atoms with Crippen LogP contribution in [-0.2, 0) is 11.2 Å². The average molecular weight is 371 g/mol. The van der Waals surface area contributed by atoms with E-state index in [0.717, 1.165) is 30.8 Å². The Morgan fingerprint density at radius 3 is 2.29 bits per heavy atom. The Balaban J connectivity index is 1.36. The van der Waals surface area contributed by atoms with E-state index >= 15 is 0 Å². The smallest absolute Gasteiger partial charge is 0.227 e. The minimum atomic E-state index is 0.212. The summed E-state index contributed by atoms with van der Waals surface area (Å²) >= 11 is 0. The molecule has 3 nitrogen and oxygen atoms in total. The average Bonchev–Trinajstić information content (AvgIpc) is 3.25. The summed E-state index contributed by atoms with van der Waals surface area (Å²) in [5.41, 5.74) is 4.72. The molecule has 1 atom stereocenters. The third-order valence-electron chi connectivity index (χ3n) is 5.54. The molecule has 1 fully saturated rings. The van der Waals surface area contributed by atoms with Crippen LogP contribution in [0.25, 0.3) is 11.1 Å². The molecule has 1 aliphatic heterocycles. The van der Waals surface area contributed by atoms with Crippen molar-refractivity contribution in [2.75, 3.05) is 20.2 Å². The molecule has 142 valence electrons. The van der Waals surface area contributed by atoms with Crippen molar-refractivity contribution in [3.8, 4) is 16.9 Å². The molecule has 0 saturated carbocycles. The SMILES string of the molecule is COc1ccc(C2CCN(C(=O)Cc3ccc(-c4ccccc4)cc3)C2)cc1. The topological polar surface area (TPSA) is 29.5 Å². The molecule has 3 aromatic rings. The highest BCUT2D eigenvalue weighted by molar-refractivity contribution is 5.79. The molecule has 0 aromatic heterocycles. The largest absolute Gasteiger partial charge is 0.497 e. The van der Waals surface area contributed by atoms with Crippen molar-refractivity contribution >= 4 is 5.91 Å². The number of hydrogen-bond donors (Lipinski definition) is 0. The van der Waals surface area contributed by atoms with Gasteiger partial charge in [-0.1, -0.05) is 66.7 Å². The third kappa shape index (κ3) is 4.09. The van der Waals surface area contributed by atoms with Crippen molar-refractivity contribution in [2.24, 2.45) is 0 Å². The normalized spacial score (nSPS) is 16.2. The van der Waals surface area contributed by atoms with Gasteiger partial charge in [-0.05, 0) is 40.8 Å². The first-order chi connectivity index (χ1) is 13.7. The Kier molecular flexibility index (Phi) is 5.43. The van der Waals surface area contributed by atoms with E-state index in [2.05, 4.69) is 48.5 Å². The molecule has 1 saturated heterocycles. The lowest BCUT2D eigenvalue weighted by Crippen LogP contribution is -2.29. The number of methoxy groups -OCH3 is 1. The number of carbonyl (C=O) groups is 1. The molecule has 0 aliphatic carbocycles. The first kappa shape index (κ1) is 18.3. The minimum Gasteiger partial charge on any atom is -0.497 e. The Bertz CT molecular complexity index is 917. The number of hydrogen-bond acceptors (Lipinski definition) is 2. The van der Waals surface area contributed by atoms with E-state index in [1.807, 2.05) is 35.2 Å². The van der Waals surface area contributed by atoms with Crippen molar-refractivity contribution in [2.45, 2.75) is 18.8 Å². The van der Waals surface area contributed by atoms with Crippen LogP contribution in [0.15, 0.2) is 78.9 Å². The highest BCUT2D eigenvalue weighted by atomic mass is 16.5. The lowest BCUT2D eigenvalue weighted by atomic mass is 9.98. The van der Waals surface area contributed by atoms with Crippen molar-refractivity contribution < 1.29 is 9.53 Å². The predicted octanol–water partition coefficient (Wildman–Crippen LogP) is 4.92. The molecule has 0 N–H and O–H groups in total. The van der Waals surface area contributed by atoms with Crippen molar-refractivity contribution in [3.63, 3.8) is 0 Å². The molecule has 1 amide bonds. The van der Waals surface area contributed by atoms with Gasteiger partial charge in [0.2, 0.25) is 5.91 Å². The zero-order valence-corrected chi connectivity index (χ0v) is 16.2. The summed E-state index contributed by atoms with van der Waals surface area (Å²) in [6.07, 6.45) is 1.48. The van der Waals surface area contributed by atoms with E-state index in [0.29, 0.717) is 12.3 Å². The fourth-order valence-corrected chi connectivity index (χ4v) is 3.87. The number of rotatable bonds is 5. The van der Waals surface area contributed by atoms with Crippen LogP contribution in [0.3, 0.4) is 0 Å². The third-order valence-corrected chi connectivity index (χ3v) is 5.54. The number of nitrogens with zero attached hydrogens (tertiary/aromatic N) is 1. The van der Waals surface area contributed by atoms with E-state index < -0.39 is 0 Å². The molecule has 3 heteroatoms. The Morgan fingerprint density at radius 2 is 1.61 bits per heavy atom. The Labute approximate surface area is 166 Å². The van der Waals surface area contributed by atoms with Crippen LogP contribution in [0.2, 0.25) is 0 Å². The summed E-state index contributed by atoms with van der Waals surface area (Å²) in [5.74, 6) is 1.49. The van der Waals surface area contributed by atoms with Gasteiger partial charge in [0.15, 0.2) is 0 Å². The number of amides is 1. The molecular formula is C25H25NO2. The summed E-state index contributed by atoms with van der Waals surface area (Å²) in [6.45, 7) is 1.63. The molecular weight excluding hydrogens is 346 g/mol. The van der Waals surface area contributed by atoms with Gasteiger partial charge in [-0.15, -0.1) is 0 Å². The Hall–Kier alpha value is -3.07. The van der Waals surface area contributed by atoms with Gasteiger partial charge in [-0.2, -0.15) is 0 Å². The minimum absolute atomic E-state index is 0.212. The van der Waals surface area contributed by atoms with Gasteiger partial charge < -0.3 is 9.64 Å². The van der Waals surface area contributed by atoms with E-state index in [9.17, 15) is 4.79 Å². The molecule has 0 radical (unpaired) electrons. The van der Waals surface area contributed by atoms with Gasteiger partial charge in [0.1, 0.15) is 5.75 Å². The first-order valence-electron chi connectivity index (χ1n) is 9.79. The maximum absolute atomic E-state index is 12.8. The first-order valence-corrected chi connectivity index (χ1v) is 9.79. The van der Waals surface area contributed by atoms with Crippen molar-refractivity contribution in [3.05, 3.63) is 90.0 Å². The van der Waals surface area contributed by atoms with Crippen LogP contribution in [0.4, 0.5) is 0 Å². The van der Waals surface area contributed by atoms with Gasteiger partial charge in [0.25, 0.3) is 0 Å².